The number of carbonyl (C=O) groups is 4. The highest BCUT2D eigenvalue weighted by Gasteiger charge is 2.30. The lowest BCUT2D eigenvalue weighted by Gasteiger charge is -2.24. The summed E-state index contributed by atoms with van der Waals surface area (Å²) in [5.74, 6) is -2.56. The summed E-state index contributed by atoms with van der Waals surface area (Å²) >= 11 is 0. The van der Waals surface area contributed by atoms with E-state index in [1.807, 2.05) is 27.7 Å². The average Bonchev–Trinajstić information content (AvgIpc) is 2.80. The Kier molecular flexibility index (Phi) is 13.1. The highest BCUT2D eigenvalue weighted by atomic mass is 16.5. The normalized spacial score (nSPS) is 14.0. The maximum Gasteiger partial charge on any atom is 0.330 e. The monoisotopic (exact) mass is 503 g/mol. The lowest BCUT2D eigenvalue weighted by molar-refractivity contribution is -0.137. The molecule has 0 aliphatic rings. The lowest BCUT2D eigenvalue weighted by Crippen LogP contribution is -2.47. The molecule has 0 aliphatic heterocycles. The van der Waals surface area contributed by atoms with Gasteiger partial charge < -0.3 is 20.3 Å². The molecule has 1 aromatic rings. The van der Waals surface area contributed by atoms with Crippen molar-refractivity contribution >= 4 is 23.4 Å². The van der Waals surface area contributed by atoms with Crippen molar-refractivity contribution in [1.29, 1.82) is 0 Å². The smallest absolute Gasteiger partial charge is 0.330 e. The summed E-state index contributed by atoms with van der Waals surface area (Å²) in [6.07, 6.45) is 3.52. The number of carbonyl (C=O) groups excluding carboxylic acids is 4. The van der Waals surface area contributed by atoms with Crippen LogP contribution in [-0.4, -0.2) is 52.9 Å². The number of aromatic hydroxyl groups is 1. The van der Waals surface area contributed by atoms with Gasteiger partial charge in [0.1, 0.15) is 11.8 Å². The van der Waals surface area contributed by atoms with E-state index in [-0.39, 0.29) is 54.5 Å². The number of aliphatic hydroxyl groups excluding tert-OH is 1. The zero-order valence-electron chi connectivity index (χ0n) is 22.2. The van der Waals surface area contributed by atoms with Gasteiger partial charge in [-0.15, -0.1) is 0 Å². The maximum absolute atomic E-state index is 13.1. The van der Waals surface area contributed by atoms with Crippen LogP contribution in [0.5, 0.6) is 5.75 Å². The second-order valence-electron chi connectivity index (χ2n) is 9.84. The van der Waals surface area contributed by atoms with Gasteiger partial charge in [0.2, 0.25) is 5.91 Å². The number of hydrogen-bond acceptors (Lipinski definition) is 7. The number of ether oxygens (including phenoxy) is 1. The number of nitrogens with one attached hydrogen (secondary N) is 1. The number of aliphatic hydroxyl groups is 1. The van der Waals surface area contributed by atoms with E-state index >= 15 is 0 Å². The molecule has 200 valence electrons. The molecular formula is C28H41NO7. The van der Waals surface area contributed by atoms with E-state index in [4.69, 9.17) is 4.74 Å². The molecule has 1 aromatic carbocycles. The second kappa shape index (κ2) is 15.2. The number of benzene rings is 1. The van der Waals surface area contributed by atoms with Gasteiger partial charge in [-0.2, -0.15) is 0 Å². The second-order valence-corrected chi connectivity index (χ2v) is 9.84. The van der Waals surface area contributed by atoms with Gasteiger partial charge in [-0.1, -0.05) is 45.9 Å². The Morgan fingerprint density at radius 1 is 1.08 bits per heavy atom. The van der Waals surface area contributed by atoms with Gasteiger partial charge in [-0.25, -0.2) is 4.79 Å². The molecule has 8 heteroatoms. The predicted molar refractivity (Wildman–Crippen MR) is 137 cm³/mol. The first kappa shape index (κ1) is 31.0. The molecule has 3 N–H and O–H groups in total. The fraction of sp³-hybridized carbons (Fsp3) is 0.571. The Labute approximate surface area is 214 Å². The SMILES string of the molecule is CCOC(=O)/C=C/[C@@H](CC(=O)[C@H](CO)NC(=O)[C@@H](CC(=O)c1cccc(O)c1C)C(C)C)CC(C)C. The molecule has 0 aromatic heterocycles. The van der Waals surface area contributed by atoms with E-state index in [1.165, 1.54) is 12.1 Å². The molecule has 3 atom stereocenters. The third-order valence-corrected chi connectivity index (χ3v) is 6.07. The van der Waals surface area contributed by atoms with Gasteiger partial charge in [-0.05, 0) is 44.1 Å². The molecular weight excluding hydrogens is 462 g/mol. The fourth-order valence-electron chi connectivity index (χ4n) is 4.01. The van der Waals surface area contributed by atoms with Crippen molar-refractivity contribution in [3.05, 3.63) is 41.5 Å². The summed E-state index contributed by atoms with van der Waals surface area (Å²) < 4.78 is 4.90. The standard InChI is InChI=1S/C28H41NO7/c1-7-36-27(34)12-11-20(13-17(2)3)14-26(33)23(16-30)29-28(35)22(18(4)5)15-25(32)21-9-8-10-24(31)19(21)6/h8-12,17-18,20,22-23,30-31H,7,13-16H2,1-6H3,(H,29,35)/b12-11+/t20-,22+,23+/m1/s1. The summed E-state index contributed by atoms with van der Waals surface area (Å²) in [7, 11) is 0. The van der Waals surface area contributed by atoms with Crippen LogP contribution in [0.2, 0.25) is 0 Å². The van der Waals surface area contributed by atoms with Crippen molar-refractivity contribution in [3.8, 4) is 5.75 Å². The lowest BCUT2D eigenvalue weighted by atomic mass is 9.86. The van der Waals surface area contributed by atoms with Gasteiger partial charge in [0.05, 0.1) is 13.2 Å². The fourth-order valence-corrected chi connectivity index (χ4v) is 4.01. The number of esters is 1. The topological polar surface area (TPSA) is 130 Å². The molecule has 0 bridgehead atoms. The number of amides is 1. The first-order valence-corrected chi connectivity index (χ1v) is 12.5. The predicted octanol–water partition coefficient (Wildman–Crippen LogP) is 3.76. The number of Topliss-reactive ketones (excluding diaryl/α,β-unsaturated/α-hetero) is 2. The van der Waals surface area contributed by atoms with Crippen LogP contribution in [0, 0.1) is 30.6 Å². The minimum absolute atomic E-state index is 0.00491. The number of phenolic OH excluding ortho intramolecular Hbond substituents is 1. The van der Waals surface area contributed by atoms with E-state index in [1.54, 1.807) is 32.1 Å². The molecule has 1 amide bonds. The number of phenols is 1. The number of allylic oxidation sites excluding steroid dienone is 1. The van der Waals surface area contributed by atoms with Gasteiger partial charge in [-0.3, -0.25) is 14.4 Å². The molecule has 1 rings (SSSR count). The summed E-state index contributed by atoms with van der Waals surface area (Å²) in [6.45, 7) is 10.6. The van der Waals surface area contributed by atoms with Crippen molar-refractivity contribution in [1.82, 2.24) is 5.32 Å². The summed E-state index contributed by atoms with van der Waals surface area (Å²) in [5.41, 5.74) is 0.786. The van der Waals surface area contributed by atoms with Crippen LogP contribution < -0.4 is 5.32 Å². The zero-order valence-corrected chi connectivity index (χ0v) is 22.2. The van der Waals surface area contributed by atoms with Crippen molar-refractivity contribution in [2.45, 2.75) is 66.8 Å². The van der Waals surface area contributed by atoms with Crippen LogP contribution in [0.15, 0.2) is 30.4 Å². The molecule has 0 saturated heterocycles. The van der Waals surface area contributed by atoms with Crippen LogP contribution in [0.1, 0.15) is 69.8 Å². The van der Waals surface area contributed by atoms with Crippen LogP contribution in [0.4, 0.5) is 0 Å². The minimum atomic E-state index is -1.12. The van der Waals surface area contributed by atoms with Crippen molar-refractivity contribution in [3.63, 3.8) is 0 Å². The zero-order chi connectivity index (χ0) is 27.4. The number of rotatable bonds is 15. The molecule has 0 heterocycles. The first-order valence-electron chi connectivity index (χ1n) is 12.5. The van der Waals surface area contributed by atoms with Crippen molar-refractivity contribution < 1.29 is 34.1 Å². The third-order valence-electron chi connectivity index (χ3n) is 6.07. The Balaban J connectivity index is 2.94. The van der Waals surface area contributed by atoms with Gasteiger partial charge in [0.25, 0.3) is 0 Å². The van der Waals surface area contributed by atoms with E-state index in [2.05, 4.69) is 5.32 Å². The Hall–Kier alpha value is -3.00. The average molecular weight is 504 g/mol. The number of hydrogen-bond donors (Lipinski definition) is 3. The Bertz CT molecular complexity index is 936. The summed E-state index contributed by atoms with van der Waals surface area (Å²) in [6, 6.07) is 3.54. The van der Waals surface area contributed by atoms with E-state index < -0.39 is 30.4 Å². The first-order chi connectivity index (χ1) is 16.9. The molecule has 0 unspecified atom stereocenters. The molecule has 0 aliphatic carbocycles. The molecule has 0 saturated carbocycles. The molecule has 0 fully saturated rings. The van der Waals surface area contributed by atoms with Crippen LogP contribution in [-0.2, 0) is 19.1 Å². The van der Waals surface area contributed by atoms with Crippen LogP contribution in [0.3, 0.4) is 0 Å². The van der Waals surface area contributed by atoms with Crippen molar-refractivity contribution in [2.75, 3.05) is 13.2 Å². The van der Waals surface area contributed by atoms with Crippen LogP contribution >= 0.6 is 0 Å². The Morgan fingerprint density at radius 3 is 2.31 bits per heavy atom. The maximum atomic E-state index is 13.1. The molecule has 0 radical (unpaired) electrons. The highest BCUT2D eigenvalue weighted by molar-refractivity contribution is 6.00. The molecule has 36 heavy (non-hydrogen) atoms. The van der Waals surface area contributed by atoms with Crippen LogP contribution in [0.25, 0.3) is 0 Å². The van der Waals surface area contributed by atoms with Gasteiger partial charge >= 0.3 is 5.97 Å². The Morgan fingerprint density at radius 2 is 1.75 bits per heavy atom. The quantitative estimate of drug-likeness (QED) is 0.189. The van der Waals surface area contributed by atoms with E-state index in [0.717, 1.165) is 0 Å². The van der Waals surface area contributed by atoms with Gasteiger partial charge in [0.15, 0.2) is 11.6 Å². The third kappa shape index (κ3) is 9.93. The summed E-state index contributed by atoms with van der Waals surface area (Å²) in [4.78, 5) is 50.6. The molecule has 0 spiro atoms. The highest BCUT2D eigenvalue weighted by Crippen LogP contribution is 2.25. The van der Waals surface area contributed by atoms with E-state index in [0.29, 0.717) is 17.5 Å². The summed E-state index contributed by atoms with van der Waals surface area (Å²) in [5, 5.41) is 22.4. The van der Waals surface area contributed by atoms with Gasteiger partial charge in [0, 0.05) is 36.0 Å². The largest absolute Gasteiger partial charge is 0.508 e. The molecule has 8 nitrogen and oxygen atoms in total. The van der Waals surface area contributed by atoms with Crippen molar-refractivity contribution in [2.24, 2.45) is 23.7 Å². The number of ketones is 2. The van der Waals surface area contributed by atoms with E-state index in [9.17, 15) is 29.4 Å². The minimum Gasteiger partial charge on any atom is -0.508 e.